The van der Waals surface area contributed by atoms with Gasteiger partial charge in [0.2, 0.25) is 0 Å². The third kappa shape index (κ3) is 21.1. The second-order valence-electron chi connectivity index (χ2n) is 24.7. The topological polar surface area (TPSA) is 312 Å². The van der Waals surface area contributed by atoms with Gasteiger partial charge in [-0.2, -0.15) is 0 Å². The highest BCUT2D eigenvalue weighted by molar-refractivity contribution is 9.10. The first kappa shape index (κ1) is 82.4. The molecule has 109 heavy (non-hydrogen) atoms. The first-order valence-corrected chi connectivity index (χ1v) is 38.1. The van der Waals surface area contributed by atoms with Gasteiger partial charge in [0.05, 0.1) is 49.0 Å². The van der Waals surface area contributed by atoms with Crippen LogP contribution in [-0.4, -0.2) is 195 Å². The van der Waals surface area contributed by atoms with Crippen LogP contribution in [0.4, 0.5) is 30.7 Å². The van der Waals surface area contributed by atoms with Gasteiger partial charge >= 0.3 is 35.8 Å². The summed E-state index contributed by atoms with van der Waals surface area (Å²) in [6.07, 6.45) is 8.55. The van der Waals surface area contributed by atoms with Gasteiger partial charge in [-0.3, -0.25) is 29.7 Å². The Morgan fingerprint density at radius 2 is 0.881 bits per heavy atom. The molecule has 12 rings (SSSR count). The quantitative estimate of drug-likeness (QED) is 0.0142. The number of esters is 3. The molecule has 3 aromatic heterocycles. The van der Waals surface area contributed by atoms with E-state index in [1.54, 1.807) is 71.4 Å². The Balaban J connectivity index is 0.000000174. The lowest BCUT2D eigenvalue weighted by Gasteiger charge is -2.29. The fourth-order valence-corrected chi connectivity index (χ4v) is 15.7. The van der Waals surface area contributed by atoms with Crippen LogP contribution in [0.25, 0.3) is 0 Å². The van der Waals surface area contributed by atoms with Crippen LogP contribution >= 0.6 is 77.5 Å². The molecule has 3 fully saturated rings. The molecule has 37 heteroatoms. The molecule has 8 atom stereocenters. The average Bonchev–Trinajstić information content (AvgIpc) is 1.36. The van der Waals surface area contributed by atoms with Gasteiger partial charge in [-0.25, -0.2) is 74.5 Å². The predicted octanol–water partition coefficient (Wildman–Crippen LogP) is 11.8. The molecule has 9 heterocycles. The standard InChI is InChI=1S/C24H22BrF3N4O4S.C24H23BrF2N4O4S.C24H23ClF2N4O4S/c1-2-36-23(35)19-17(11-32-10-13(3-6-18(33)34)24(27,28)12-32)30-21(22-29-7-8-37-22)31-20(19)15-5-4-14(26)9-16(15)25;2*1-2-35-24(34)20-18(12-31-10-13(17(27)11-31)3-6-19(32)33)29-22(23-28-7-8-36-23)30-21(20)15-5-4-14(26)9-16(15)25/h3-9,13,20H,2,10-12H2,1H3,(H,30,31)(H,33,34);2*3-9,13,17,21H,2,10-12H2,1H3,(H,29,30)(H,32,33)/b3*6-3+/t13?,20-;13?,17?,21-;13?,17-,21-/m000/s1. The van der Waals surface area contributed by atoms with Crippen LogP contribution in [0, 0.1) is 35.2 Å². The van der Waals surface area contributed by atoms with Crippen molar-refractivity contribution in [3.8, 4) is 0 Å². The average molecular weight is 1720 g/mol. The van der Waals surface area contributed by atoms with Crippen molar-refractivity contribution in [2.45, 2.75) is 57.2 Å². The maximum Gasteiger partial charge on any atom is 0.338 e. The maximum atomic E-state index is 14.7. The van der Waals surface area contributed by atoms with E-state index < -0.39 is 114 Å². The third-order valence-corrected chi connectivity index (χ3v) is 21.3. The number of carboxylic acids is 3. The van der Waals surface area contributed by atoms with Crippen LogP contribution in [0.5, 0.6) is 0 Å². The minimum Gasteiger partial charge on any atom is -0.478 e. The monoisotopic (exact) mass is 1710 g/mol. The number of benzene rings is 3. The zero-order valence-corrected chi connectivity index (χ0v) is 64.2. The van der Waals surface area contributed by atoms with E-state index in [0.717, 1.165) is 24.3 Å². The van der Waals surface area contributed by atoms with E-state index in [1.165, 1.54) is 93.5 Å². The molecule has 6 aliphatic rings. The van der Waals surface area contributed by atoms with Gasteiger partial charge < -0.3 is 45.5 Å². The Bertz CT molecular complexity index is 4480. The molecule has 6 aliphatic heterocycles. The molecule has 0 spiro atoms. The molecule has 3 saturated heterocycles. The molecular formula is C72H68Br2ClF7N12O12S3. The number of nitrogens with zero attached hydrogens (tertiary/aromatic N) is 9. The number of alkyl halides is 4. The van der Waals surface area contributed by atoms with Crippen molar-refractivity contribution in [2.24, 2.45) is 32.7 Å². The molecule has 6 aromatic rings. The third-order valence-electron chi connectivity index (χ3n) is 17.3. The zero-order chi connectivity index (χ0) is 78.4. The number of aliphatic carboxylic acids is 3. The Morgan fingerprint density at radius 1 is 0.532 bits per heavy atom. The number of halogens is 10. The lowest BCUT2D eigenvalue weighted by atomic mass is 9.95. The van der Waals surface area contributed by atoms with Gasteiger partial charge in [0.1, 0.15) is 47.9 Å². The van der Waals surface area contributed by atoms with E-state index in [9.17, 15) is 59.5 Å². The number of nitrogens with one attached hydrogen (secondary N) is 3. The summed E-state index contributed by atoms with van der Waals surface area (Å²) in [5, 5.41) is 43.1. The van der Waals surface area contributed by atoms with Crippen molar-refractivity contribution in [3.63, 3.8) is 0 Å². The first-order chi connectivity index (χ1) is 52.1. The number of carbonyl (C=O) groups is 6. The SMILES string of the molecule is CCOC(=O)C1=C(CN2CC(/C=C/C(=O)O)C(F)(F)C2)NC(c2nccs2)=N[C@H]1c1ccc(F)cc1Br.CCOC(=O)C1=C(CN2CC(/C=C/C(=O)O)[C@@H](F)C2)NC(c2nccs2)=N[C@H]1c1ccc(F)cc1Cl.CCOC(=O)C1=C(CN2CC(F)C(/C=C/C(=O)O)C2)NC(c2nccs2)=N[C@H]1c1ccc(F)cc1Br. The lowest BCUT2D eigenvalue weighted by molar-refractivity contribution is -0.139. The molecule has 24 nitrogen and oxygen atoms in total. The number of likely N-dealkylation sites (tertiary alicyclic amines) is 3. The smallest absolute Gasteiger partial charge is 0.338 e. The van der Waals surface area contributed by atoms with Crippen molar-refractivity contribution in [1.82, 2.24) is 45.6 Å². The molecule has 4 unspecified atom stereocenters. The molecular weight excluding hydrogens is 1650 g/mol. The summed E-state index contributed by atoms with van der Waals surface area (Å²) in [5.41, 5.74) is 3.11. The van der Waals surface area contributed by atoms with Gasteiger partial charge in [-0.1, -0.05) is 79.9 Å². The van der Waals surface area contributed by atoms with E-state index in [0.29, 0.717) is 81.3 Å². The number of ether oxygens (including phenoxy) is 3. The zero-order valence-electron chi connectivity index (χ0n) is 57.8. The number of carboxylic acid groups (broad SMARTS) is 3. The molecule has 0 radical (unpaired) electrons. The molecule has 6 N–H and O–H groups in total. The minimum atomic E-state index is -3.17. The second kappa shape index (κ2) is 37.5. The van der Waals surface area contributed by atoms with Gasteiger partial charge in [0.15, 0.2) is 32.5 Å². The van der Waals surface area contributed by atoms with Crippen molar-refractivity contribution < 1.29 is 89.0 Å². The number of amidine groups is 3. The maximum absolute atomic E-state index is 14.7. The molecule has 0 bridgehead atoms. The van der Waals surface area contributed by atoms with E-state index >= 15 is 0 Å². The van der Waals surface area contributed by atoms with Crippen LogP contribution in [0.3, 0.4) is 0 Å². The van der Waals surface area contributed by atoms with Gasteiger partial charge in [-0.15, -0.1) is 34.0 Å². The van der Waals surface area contributed by atoms with Crippen LogP contribution in [0.1, 0.15) is 70.6 Å². The number of thiazole rings is 3. The lowest BCUT2D eigenvalue weighted by Crippen LogP contribution is -2.39. The molecule has 0 amide bonds. The summed E-state index contributed by atoms with van der Waals surface area (Å²) in [7, 11) is 0. The van der Waals surface area contributed by atoms with Gasteiger partial charge in [0.25, 0.3) is 5.92 Å². The van der Waals surface area contributed by atoms with Crippen molar-refractivity contribution in [2.75, 3.05) is 78.7 Å². The van der Waals surface area contributed by atoms with Crippen LogP contribution < -0.4 is 16.0 Å². The Kier molecular flexibility index (Phi) is 28.3. The Morgan fingerprint density at radius 3 is 1.22 bits per heavy atom. The summed E-state index contributed by atoms with van der Waals surface area (Å²) in [5.74, 6) is -11.5. The van der Waals surface area contributed by atoms with Crippen LogP contribution in [0.2, 0.25) is 5.02 Å². The first-order valence-electron chi connectivity index (χ1n) is 33.5. The van der Waals surface area contributed by atoms with Crippen molar-refractivity contribution in [3.05, 3.63) is 223 Å². The normalized spacial score (nSPS) is 22.3. The highest BCUT2D eigenvalue weighted by Gasteiger charge is 2.48. The van der Waals surface area contributed by atoms with Gasteiger partial charge in [0, 0.05) is 154 Å². The summed E-state index contributed by atoms with van der Waals surface area (Å²) in [6.45, 7) is 5.35. The number of aliphatic imine (C=N–C) groups is 3. The summed E-state index contributed by atoms with van der Waals surface area (Å²) >= 11 is 17.1. The van der Waals surface area contributed by atoms with Gasteiger partial charge in [-0.05, 0) is 68.3 Å². The number of aromatic nitrogens is 3. The van der Waals surface area contributed by atoms with E-state index in [-0.39, 0.29) is 93.9 Å². The van der Waals surface area contributed by atoms with Crippen molar-refractivity contribution >= 4 is 131 Å². The molecule has 576 valence electrons. The summed E-state index contributed by atoms with van der Waals surface area (Å²) < 4.78 is 117. The van der Waals surface area contributed by atoms with E-state index in [2.05, 4.69) is 67.8 Å². The Hall–Kier alpha value is -9.14. The largest absolute Gasteiger partial charge is 0.478 e. The number of carbonyl (C=O) groups excluding carboxylic acids is 3. The fourth-order valence-electron chi connectivity index (χ4n) is 12.6. The van der Waals surface area contributed by atoms with E-state index in [1.807, 2.05) is 0 Å². The highest BCUT2D eigenvalue weighted by Crippen LogP contribution is 2.42. The second-order valence-corrected chi connectivity index (χ2v) is 29.5. The molecule has 0 saturated carbocycles. The summed E-state index contributed by atoms with van der Waals surface area (Å²) in [4.78, 5) is 104. The van der Waals surface area contributed by atoms with Crippen molar-refractivity contribution in [1.29, 1.82) is 0 Å². The highest BCUT2D eigenvalue weighted by atomic mass is 79.9. The van der Waals surface area contributed by atoms with E-state index in [4.69, 9.17) is 51.1 Å². The van der Waals surface area contributed by atoms with Crippen LogP contribution in [-0.2, 0) is 43.0 Å². The predicted molar refractivity (Wildman–Crippen MR) is 399 cm³/mol. The molecule has 0 aliphatic carbocycles. The number of hydrogen-bond acceptors (Lipinski definition) is 24. The minimum absolute atomic E-state index is 0.0433. The number of rotatable bonds is 24. The molecule has 3 aromatic carbocycles. The fraction of sp³-hybridized carbons (Fsp3) is 0.333. The van der Waals surface area contributed by atoms with Crippen LogP contribution in [0.15, 0.2) is 184 Å². The number of hydrogen-bond donors (Lipinski definition) is 6. The summed E-state index contributed by atoms with van der Waals surface area (Å²) in [6, 6.07) is 9.28. The Labute approximate surface area is 652 Å².